The standard InChI is InChI=1S/C19H33NO2/c1-6-7-10-20-11-12-21-13-14-22-18-15-16(2)8-9-17(18)19(3,4)5/h8-9,15,20H,6-7,10-14H2,1-5H3/p+1. The molecule has 0 unspecified atom stereocenters. The highest BCUT2D eigenvalue weighted by molar-refractivity contribution is 5.41. The molecule has 0 aliphatic carbocycles. The first-order chi connectivity index (χ1) is 10.4. The smallest absolute Gasteiger partial charge is 0.123 e. The highest BCUT2D eigenvalue weighted by Crippen LogP contribution is 2.31. The quantitative estimate of drug-likeness (QED) is 0.674. The minimum atomic E-state index is 0.0954. The minimum absolute atomic E-state index is 0.0954. The first-order valence-electron chi connectivity index (χ1n) is 8.58. The third-order valence-corrected chi connectivity index (χ3v) is 3.66. The van der Waals surface area contributed by atoms with Crippen LogP contribution in [0.3, 0.4) is 0 Å². The maximum absolute atomic E-state index is 5.95. The van der Waals surface area contributed by atoms with Gasteiger partial charge in [0.15, 0.2) is 0 Å². The number of ether oxygens (including phenoxy) is 2. The number of benzene rings is 1. The van der Waals surface area contributed by atoms with Gasteiger partial charge in [0, 0.05) is 0 Å². The van der Waals surface area contributed by atoms with Gasteiger partial charge in [0.25, 0.3) is 0 Å². The van der Waals surface area contributed by atoms with E-state index in [0.717, 1.165) is 18.9 Å². The lowest BCUT2D eigenvalue weighted by molar-refractivity contribution is -0.656. The fourth-order valence-corrected chi connectivity index (χ4v) is 2.34. The Morgan fingerprint density at radius 3 is 2.50 bits per heavy atom. The molecule has 1 aromatic rings. The molecule has 0 radical (unpaired) electrons. The summed E-state index contributed by atoms with van der Waals surface area (Å²) in [5, 5.41) is 2.32. The Labute approximate surface area is 136 Å². The van der Waals surface area contributed by atoms with Gasteiger partial charge in [0.1, 0.15) is 12.4 Å². The predicted molar refractivity (Wildman–Crippen MR) is 92.8 cm³/mol. The lowest BCUT2D eigenvalue weighted by Crippen LogP contribution is -2.85. The summed E-state index contributed by atoms with van der Waals surface area (Å²) in [5.41, 5.74) is 2.58. The molecule has 126 valence electrons. The van der Waals surface area contributed by atoms with Crippen LogP contribution in [0.4, 0.5) is 0 Å². The van der Waals surface area contributed by atoms with E-state index in [2.05, 4.69) is 58.1 Å². The fraction of sp³-hybridized carbons (Fsp3) is 0.684. The molecule has 0 spiro atoms. The van der Waals surface area contributed by atoms with Crippen LogP contribution in [0.2, 0.25) is 0 Å². The lowest BCUT2D eigenvalue weighted by Gasteiger charge is -2.23. The molecule has 3 nitrogen and oxygen atoms in total. The van der Waals surface area contributed by atoms with Crippen LogP contribution in [-0.2, 0) is 10.2 Å². The summed E-state index contributed by atoms with van der Waals surface area (Å²) >= 11 is 0. The van der Waals surface area contributed by atoms with Crippen LogP contribution in [0.15, 0.2) is 18.2 Å². The Kier molecular flexibility index (Phi) is 8.51. The van der Waals surface area contributed by atoms with Crippen LogP contribution in [0.1, 0.15) is 51.7 Å². The number of quaternary nitrogens is 1. The predicted octanol–water partition coefficient (Wildman–Crippen LogP) is 3.05. The summed E-state index contributed by atoms with van der Waals surface area (Å²) in [6, 6.07) is 6.45. The zero-order valence-corrected chi connectivity index (χ0v) is 15.1. The van der Waals surface area contributed by atoms with Crippen molar-refractivity contribution in [1.29, 1.82) is 0 Å². The van der Waals surface area contributed by atoms with E-state index in [4.69, 9.17) is 9.47 Å². The molecule has 0 heterocycles. The highest BCUT2D eigenvalue weighted by atomic mass is 16.5. The molecule has 0 atom stereocenters. The zero-order valence-electron chi connectivity index (χ0n) is 15.1. The molecule has 0 amide bonds. The van der Waals surface area contributed by atoms with Crippen molar-refractivity contribution >= 4 is 0 Å². The number of unbranched alkanes of at least 4 members (excludes halogenated alkanes) is 1. The number of nitrogens with two attached hydrogens (primary N) is 1. The van der Waals surface area contributed by atoms with Gasteiger partial charge >= 0.3 is 0 Å². The third kappa shape index (κ3) is 7.28. The van der Waals surface area contributed by atoms with E-state index in [1.165, 1.54) is 30.5 Å². The second-order valence-corrected chi connectivity index (χ2v) is 6.93. The van der Waals surface area contributed by atoms with E-state index in [0.29, 0.717) is 13.2 Å². The molecule has 0 aromatic heterocycles. The number of hydrogen-bond acceptors (Lipinski definition) is 2. The molecule has 1 aromatic carbocycles. The Bertz CT molecular complexity index is 424. The highest BCUT2D eigenvalue weighted by Gasteiger charge is 2.18. The number of aryl methyl sites for hydroxylation is 1. The van der Waals surface area contributed by atoms with E-state index in [-0.39, 0.29) is 5.41 Å². The zero-order chi connectivity index (χ0) is 16.4. The van der Waals surface area contributed by atoms with Crippen LogP contribution < -0.4 is 10.1 Å². The molecule has 0 saturated carbocycles. The van der Waals surface area contributed by atoms with Crippen molar-refractivity contribution in [3.05, 3.63) is 29.3 Å². The van der Waals surface area contributed by atoms with Crippen molar-refractivity contribution in [3.63, 3.8) is 0 Å². The largest absolute Gasteiger partial charge is 0.491 e. The maximum atomic E-state index is 5.95. The van der Waals surface area contributed by atoms with Gasteiger partial charge < -0.3 is 14.8 Å². The van der Waals surface area contributed by atoms with E-state index in [1.54, 1.807) is 0 Å². The van der Waals surface area contributed by atoms with Gasteiger partial charge in [-0.15, -0.1) is 0 Å². The summed E-state index contributed by atoms with van der Waals surface area (Å²) in [5.74, 6) is 0.991. The lowest BCUT2D eigenvalue weighted by atomic mass is 9.86. The molecule has 0 bridgehead atoms. The normalized spacial score (nSPS) is 11.7. The van der Waals surface area contributed by atoms with Crippen molar-refractivity contribution < 1.29 is 14.8 Å². The van der Waals surface area contributed by atoms with Crippen LogP contribution in [0.25, 0.3) is 0 Å². The van der Waals surface area contributed by atoms with Crippen molar-refractivity contribution in [2.24, 2.45) is 0 Å². The molecule has 0 saturated heterocycles. The SMILES string of the molecule is CCCC[NH2+]CCOCCOc1cc(C)ccc1C(C)(C)C. The summed E-state index contributed by atoms with van der Waals surface area (Å²) in [4.78, 5) is 0. The van der Waals surface area contributed by atoms with Gasteiger partial charge in [0.2, 0.25) is 0 Å². The van der Waals surface area contributed by atoms with Gasteiger partial charge in [-0.3, -0.25) is 0 Å². The van der Waals surface area contributed by atoms with E-state index in [9.17, 15) is 0 Å². The molecule has 0 fully saturated rings. The monoisotopic (exact) mass is 308 g/mol. The second-order valence-electron chi connectivity index (χ2n) is 6.93. The molecule has 22 heavy (non-hydrogen) atoms. The van der Waals surface area contributed by atoms with Crippen LogP contribution >= 0.6 is 0 Å². The molecular formula is C19H34NO2+. The third-order valence-electron chi connectivity index (χ3n) is 3.66. The molecule has 3 heteroatoms. The molecule has 1 rings (SSSR count). The van der Waals surface area contributed by atoms with Crippen LogP contribution in [-0.4, -0.2) is 32.9 Å². The van der Waals surface area contributed by atoms with Crippen LogP contribution in [0, 0.1) is 6.92 Å². The molecule has 0 aliphatic rings. The van der Waals surface area contributed by atoms with Gasteiger partial charge in [-0.2, -0.15) is 0 Å². The number of hydrogen-bond donors (Lipinski definition) is 1. The van der Waals surface area contributed by atoms with E-state index >= 15 is 0 Å². The second kappa shape index (κ2) is 9.86. The van der Waals surface area contributed by atoms with Crippen molar-refractivity contribution in [2.75, 3.05) is 32.9 Å². The van der Waals surface area contributed by atoms with E-state index in [1.807, 2.05) is 0 Å². The Morgan fingerprint density at radius 2 is 1.82 bits per heavy atom. The first-order valence-corrected chi connectivity index (χ1v) is 8.58. The van der Waals surface area contributed by atoms with E-state index < -0.39 is 0 Å². The first kappa shape index (κ1) is 19.0. The van der Waals surface area contributed by atoms with Crippen molar-refractivity contribution in [2.45, 2.75) is 52.9 Å². The van der Waals surface area contributed by atoms with Crippen molar-refractivity contribution in [3.8, 4) is 5.75 Å². The van der Waals surface area contributed by atoms with Gasteiger partial charge in [-0.25, -0.2) is 0 Å². The number of rotatable bonds is 10. The Hall–Kier alpha value is -1.06. The van der Waals surface area contributed by atoms with Gasteiger partial charge in [-0.1, -0.05) is 46.2 Å². The Morgan fingerprint density at radius 1 is 1.05 bits per heavy atom. The Balaban J connectivity index is 2.29. The average molecular weight is 308 g/mol. The topological polar surface area (TPSA) is 35.1 Å². The minimum Gasteiger partial charge on any atom is -0.491 e. The fourth-order valence-electron chi connectivity index (χ4n) is 2.34. The van der Waals surface area contributed by atoms with Crippen LogP contribution in [0.5, 0.6) is 5.75 Å². The van der Waals surface area contributed by atoms with Crippen molar-refractivity contribution in [1.82, 2.24) is 0 Å². The summed E-state index contributed by atoms with van der Waals surface area (Å²) < 4.78 is 11.6. The molecule has 2 N–H and O–H groups in total. The molecule has 0 aliphatic heterocycles. The summed E-state index contributed by atoms with van der Waals surface area (Å²) in [6.07, 6.45) is 2.55. The average Bonchev–Trinajstić information content (AvgIpc) is 2.44. The molecular weight excluding hydrogens is 274 g/mol. The summed E-state index contributed by atoms with van der Waals surface area (Å²) in [6.45, 7) is 15.3. The summed E-state index contributed by atoms with van der Waals surface area (Å²) in [7, 11) is 0. The van der Waals surface area contributed by atoms with Gasteiger partial charge in [-0.05, 0) is 36.0 Å². The van der Waals surface area contributed by atoms with Gasteiger partial charge in [0.05, 0.1) is 26.3 Å². The maximum Gasteiger partial charge on any atom is 0.123 e.